The fourth-order valence-corrected chi connectivity index (χ4v) is 2.88. The third-order valence-electron chi connectivity index (χ3n) is 3.28. The fourth-order valence-electron chi connectivity index (χ4n) is 2.12. The molecule has 114 valence electrons. The summed E-state index contributed by atoms with van der Waals surface area (Å²) in [4.78, 5) is 15.4. The zero-order chi connectivity index (χ0) is 15.6. The van der Waals surface area contributed by atoms with Crippen molar-refractivity contribution in [3.63, 3.8) is 0 Å². The fraction of sp³-hybridized carbons (Fsp3) is 0.500. The number of nitrogens with zero attached hydrogens (tertiary/aromatic N) is 2. The van der Waals surface area contributed by atoms with Gasteiger partial charge in [-0.1, -0.05) is 38.6 Å². The lowest BCUT2D eigenvalue weighted by molar-refractivity contribution is -0.133. The maximum absolute atomic E-state index is 10.8. The van der Waals surface area contributed by atoms with Crippen LogP contribution >= 0.6 is 11.8 Å². The van der Waals surface area contributed by atoms with E-state index in [2.05, 4.69) is 42.5 Å². The molecule has 2 rings (SSSR count). The lowest BCUT2D eigenvalue weighted by Gasteiger charge is -2.19. The van der Waals surface area contributed by atoms with Crippen LogP contribution in [-0.4, -0.2) is 26.4 Å². The molecule has 21 heavy (non-hydrogen) atoms. The molecular weight excluding hydrogens is 284 g/mol. The van der Waals surface area contributed by atoms with Gasteiger partial charge in [0.05, 0.1) is 16.8 Å². The zero-order valence-electron chi connectivity index (χ0n) is 13.0. The number of rotatable bonds is 5. The molecule has 0 saturated carbocycles. The number of hydrogen-bond donors (Lipinski definition) is 1. The van der Waals surface area contributed by atoms with Crippen LogP contribution in [0.3, 0.4) is 0 Å². The number of aryl methyl sites for hydroxylation is 2. The minimum Gasteiger partial charge on any atom is -0.481 e. The first-order chi connectivity index (χ1) is 9.76. The molecule has 0 amide bonds. The SMILES string of the molecule is Cc1ccc2c(c1)nc(SCC(=O)O)n2CCC(C)(C)C. The van der Waals surface area contributed by atoms with Crippen molar-refractivity contribution < 1.29 is 9.90 Å². The summed E-state index contributed by atoms with van der Waals surface area (Å²) in [5.41, 5.74) is 3.42. The number of carbonyl (C=O) groups is 1. The molecule has 4 nitrogen and oxygen atoms in total. The number of carboxylic acids is 1. The van der Waals surface area contributed by atoms with Crippen LogP contribution in [0, 0.1) is 12.3 Å². The first kappa shape index (κ1) is 15.9. The molecular formula is C16H22N2O2S. The second kappa shape index (κ2) is 6.10. The van der Waals surface area contributed by atoms with Crippen molar-refractivity contribution in [1.29, 1.82) is 0 Å². The lowest BCUT2D eigenvalue weighted by Crippen LogP contribution is -2.11. The summed E-state index contributed by atoms with van der Waals surface area (Å²) >= 11 is 1.29. The second-order valence-electron chi connectivity index (χ2n) is 6.53. The Labute approximate surface area is 129 Å². The van der Waals surface area contributed by atoms with Crippen molar-refractivity contribution in [2.45, 2.75) is 45.8 Å². The molecule has 5 heteroatoms. The minimum absolute atomic E-state index is 0.0395. The highest BCUT2D eigenvalue weighted by Gasteiger charge is 2.16. The zero-order valence-corrected chi connectivity index (χ0v) is 13.8. The molecule has 0 spiro atoms. The molecule has 0 bridgehead atoms. The number of benzene rings is 1. The average molecular weight is 306 g/mol. The Hall–Kier alpha value is -1.49. The van der Waals surface area contributed by atoms with E-state index >= 15 is 0 Å². The molecule has 0 radical (unpaired) electrons. The van der Waals surface area contributed by atoms with Gasteiger partial charge in [-0.2, -0.15) is 0 Å². The van der Waals surface area contributed by atoms with Crippen LogP contribution in [0.15, 0.2) is 23.4 Å². The summed E-state index contributed by atoms with van der Waals surface area (Å²) in [5, 5.41) is 9.68. The van der Waals surface area contributed by atoms with Crippen molar-refractivity contribution >= 4 is 28.8 Å². The van der Waals surface area contributed by atoms with Gasteiger partial charge in [0.1, 0.15) is 0 Å². The first-order valence-corrected chi connectivity index (χ1v) is 8.06. The van der Waals surface area contributed by atoms with Crippen molar-refractivity contribution in [3.8, 4) is 0 Å². The molecule has 1 N–H and O–H groups in total. The largest absolute Gasteiger partial charge is 0.481 e. The van der Waals surface area contributed by atoms with Crippen molar-refractivity contribution in [2.24, 2.45) is 5.41 Å². The van der Waals surface area contributed by atoms with Gasteiger partial charge in [-0.3, -0.25) is 4.79 Å². The first-order valence-electron chi connectivity index (χ1n) is 7.08. The van der Waals surface area contributed by atoms with Gasteiger partial charge < -0.3 is 9.67 Å². The predicted octanol–water partition coefficient (Wildman–Crippen LogP) is 3.96. The quantitative estimate of drug-likeness (QED) is 0.850. The van der Waals surface area contributed by atoms with E-state index in [1.165, 1.54) is 11.8 Å². The topological polar surface area (TPSA) is 55.1 Å². The Morgan fingerprint density at radius 2 is 2.10 bits per heavy atom. The molecule has 0 atom stereocenters. The molecule has 0 aliphatic rings. The minimum atomic E-state index is -0.814. The Morgan fingerprint density at radius 3 is 2.71 bits per heavy atom. The number of fused-ring (bicyclic) bond motifs is 1. The van der Waals surface area contributed by atoms with E-state index in [-0.39, 0.29) is 11.2 Å². The number of thioether (sulfide) groups is 1. The smallest absolute Gasteiger partial charge is 0.313 e. The van der Waals surface area contributed by atoms with Gasteiger partial charge in [-0.15, -0.1) is 0 Å². The predicted molar refractivity (Wildman–Crippen MR) is 86.9 cm³/mol. The molecule has 1 aromatic heterocycles. The monoisotopic (exact) mass is 306 g/mol. The molecule has 1 heterocycles. The Morgan fingerprint density at radius 1 is 1.38 bits per heavy atom. The maximum atomic E-state index is 10.8. The Bertz CT molecular complexity index is 656. The standard InChI is InChI=1S/C16H22N2O2S/c1-11-5-6-13-12(9-11)17-15(21-10-14(19)20)18(13)8-7-16(2,3)4/h5-6,9H,7-8,10H2,1-4H3,(H,19,20). The van der Waals surface area contributed by atoms with Crippen LogP contribution in [-0.2, 0) is 11.3 Å². The van der Waals surface area contributed by atoms with Gasteiger partial charge in [0.25, 0.3) is 0 Å². The van der Waals surface area contributed by atoms with E-state index in [0.717, 1.165) is 34.7 Å². The van der Waals surface area contributed by atoms with Crippen molar-refractivity contribution in [3.05, 3.63) is 23.8 Å². The Balaban J connectivity index is 2.36. The van der Waals surface area contributed by atoms with Crippen LogP contribution in [0.1, 0.15) is 32.8 Å². The van der Waals surface area contributed by atoms with Gasteiger partial charge in [0, 0.05) is 6.54 Å². The Kier molecular flexibility index (Phi) is 4.61. The maximum Gasteiger partial charge on any atom is 0.313 e. The molecule has 0 aliphatic heterocycles. The summed E-state index contributed by atoms with van der Waals surface area (Å²) < 4.78 is 2.15. The molecule has 0 fully saturated rings. The number of aromatic nitrogens is 2. The van der Waals surface area contributed by atoms with E-state index in [0.29, 0.717) is 0 Å². The summed E-state index contributed by atoms with van der Waals surface area (Å²) in [5.74, 6) is -0.775. The van der Waals surface area contributed by atoms with Gasteiger partial charge in [-0.25, -0.2) is 4.98 Å². The second-order valence-corrected chi connectivity index (χ2v) is 7.47. The number of aliphatic carboxylic acids is 1. The normalized spacial score (nSPS) is 12.0. The van der Waals surface area contributed by atoms with Gasteiger partial charge in [0.15, 0.2) is 5.16 Å². The van der Waals surface area contributed by atoms with Gasteiger partial charge in [-0.05, 0) is 36.5 Å². The van der Waals surface area contributed by atoms with Crippen LogP contribution < -0.4 is 0 Å². The number of imidazole rings is 1. The highest BCUT2D eigenvalue weighted by atomic mass is 32.2. The molecule has 1 aromatic carbocycles. The van der Waals surface area contributed by atoms with E-state index in [1.807, 2.05) is 13.0 Å². The van der Waals surface area contributed by atoms with E-state index in [9.17, 15) is 4.79 Å². The van der Waals surface area contributed by atoms with E-state index in [4.69, 9.17) is 5.11 Å². The summed E-state index contributed by atoms with van der Waals surface area (Å²) in [6, 6.07) is 6.20. The molecule has 0 saturated heterocycles. The third-order valence-corrected chi connectivity index (χ3v) is 4.24. The average Bonchev–Trinajstić information content (AvgIpc) is 2.69. The highest BCUT2D eigenvalue weighted by Crippen LogP contribution is 2.28. The molecule has 2 aromatic rings. The van der Waals surface area contributed by atoms with Crippen LogP contribution in [0.2, 0.25) is 0 Å². The number of carboxylic acid groups (broad SMARTS) is 1. The van der Waals surface area contributed by atoms with E-state index in [1.54, 1.807) is 0 Å². The van der Waals surface area contributed by atoms with Crippen LogP contribution in [0.5, 0.6) is 0 Å². The summed E-state index contributed by atoms with van der Waals surface area (Å²) in [6.07, 6.45) is 1.02. The molecule has 0 aliphatic carbocycles. The highest BCUT2D eigenvalue weighted by molar-refractivity contribution is 7.99. The lowest BCUT2D eigenvalue weighted by atomic mass is 9.92. The summed E-state index contributed by atoms with van der Waals surface area (Å²) in [7, 11) is 0. The number of hydrogen-bond acceptors (Lipinski definition) is 3. The third kappa shape index (κ3) is 4.24. The van der Waals surface area contributed by atoms with Crippen LogP contribution in [0.4, 0.5) is 0 Å². The van der Waals surface area contributed by atoms with E-state index < -0.39 is 5.97 Å². The van der Waals surface area contributed by atoms with Crippen LogP contribution in [0.25, 0.3) is 11.0 Å². The summed E-state index contributed by atoms with van der Waals surface area (Å²) in [6.45, 7) is 9.52. The van der Waals surface area contributed by atoms with Gasteiger partial charge >= 0.3 is 5.97 Å². The van der Waals surface area contributed by atoms with Gasteiger partial charge in [0.2, 0.25) is 0 Å². The van der Waals surface area contributed by atoms with Crippen molar-refractivity contribution in [2.75, 3.05) is 5.75 Å². The molecule has 0 unspecified atom stereocenters. The van der Waals surface area contributed by atoms with Crippen molar-refractivity contribution in [1.82, 2.24) is 9.55 Å².